The van der Waals surface area contributed by atoms with E-state index < -0.39 is 0 Å². The largest absolute Gasteiger partial charge is 0.303 e. The van der Waals surface area contributed by atoms with Crippen molar-refractivity contribution in [1.82, 2.24) is 19.2 Å². The molecule has 25 heavy (non-hydrogen) atoms. The van der Waals surface area contributed by atoms with Crippen LogP contribution in [0.25, 0.3) is 16.8 Å². The monoisotopic (exact) mass is 327 g/mol. The molecule has 0 N–H and O–H groups in total. The number of rotatable bonds is 3. The third kappa shape index (κ3) is 2.68. The fourth-order valence-electron chi connectivity index (χ4n) is 3.14. The number of aryl methyl sites for hydroxylation is 2. The van der Waals surface area contributed by atoms with Gasteiger partial charge in [0.15, 0.2) is 5.65 Å². The van der Waals surface area contributed by atoms with Crippen LogP contribution in [0.2, 0.25) is 0 Å². The summed E-state index contributed by atoms with van der Waals surface area (Å²) in [4.78, 5) is 4.28. The third-order valence-electron chi connectivity index (χ3n) is 4.53. The average molecular weight is 327 g/mol. The number of imidazole rings is 1. The predicted octanol–water partition coefficient (Wildman–Crippen LogP) is 3.51. The number of benzene rings is 1. The Kier molecular flexibility index (Phi) is 3.58. The van der Waals surface area contributed by atoms with Crippen molar-refractivity contribution in [1.29, 1.82) is 5.26 Å². The van der Waals surface area contributed by atoms with E-state index in [2.05, 4.69) is 47.3 Å². The van der Waals surface area contributed by atoms with Gasteiger partial charge in [-0.2, -0.15) is 10.4 Å². The lowest BCUT2D eigenvalue weighted by Gasteiger charge is -2.10. The first-order valence-electron chi connectivity index (χ1n) is 8.09. The highest BCUT2D eigenvalue weighted by Crippen LogP contribution is 2.22. The average Bonchev–Trinajstić information content (AvgIpc) is 3.27. The van der Waals surface area contributed by atoms with Gasteiger partial charge in [-0.3, -0.25) is 4.68 Å². The van der Waals surface area contributed by atoms with E-state index in [-0.39, 0.29) is 0 Å². The molecule has 0 saturated heterocycles. The SMILES string of the molecule is Cc1c(Cc2ccc(-c3cnn(C)c3)cc2)cc(C#N)c2nccn12. The Morgan fingerprint density at radius 3 is 2.64 bits per heavy atom. The summed E-state index contributed by atoms with van der Waals surface area (Å²) in [7, 11) is 1.92. The summed E-state index contributed by atoms with van der Waals surface area (Å²) in [6, 6.07) is 12.7. The van der Waals surface area contributed by atoms with E-state index >= 15 is 0 Å². The van der Waals surface area contributed by atoms with Crippen molar-refractivity contribution in [3.05, 3.63) is 77.5 Å². The summed E-state index contributed by atoms with van der Waals surface area (Å²) in [5, 5.41) is 13.6. The van der Waals surface area contributed by atoms with Crippen molar-refractivity contribution in [3.63, 3.8) is 0 Å². The quantitative estimate of drug-likeness (QED) is 0.578. The second-order valence-corrected chi connectivity index (χ2v) is 6.18. The fraction of sp³-hybridized carbons (Fsp3) is 0.150. The minimum atomic E-state index is 0.609. The number of pyridine rings is 1. The summed E-state index contributed by atoms with van der Waals surface area (Å²) in [6.07, 6.45) is 8.29. The van der Waals surface area contributed by atoms with Crippen molar-refractivity contribution in [2.24, 2.45) is 7.05 Å². The Balaban J connectivity index is 1.67. The van der Waals surface area contributed by atoms with Crippen molar-refractivity contribution in [2.45, 2.75) is 13.3 Å². The highest BCUT2D eigenvalue weighted by atomic mass is 15.2. The van der Waals surface area contributed by atoms with Gasteiger partial charge in [0.1, 0.15) is 6.07 Å². The van der Waals surface area contributed by atoms with Crippen molar-refractivity contribution < 1.29 is 0 Å². The van der Waals surface area contributed by atoms with Gasteiger partial charge < -0.3 is 4.40 Å². The molecule has 0 bridgehead atoms. The second-order valence-electron chi connectivity index (χ2n) is 6.18. The first-order valence-corrected chi connectivity index (χ1v) is 8.09. The lowest BCUT2D eigenvalue weighted by atomic mass is 10.00. The van der Waals surface area contributed by atoms with Crippen LogP contribution in [0.1, 0.15) is 22.4 Å². The van der Waals surface area contributed by atoms with E-state index in [1.807, 2.05) is 36.1 Å². The van der Waals surface area contributed by atoms with E-state index in [0.717, 1.165) is 34.5 Å². The maximum Gasteiger partial charge on any atom is 0.154 e. The standard InChI is InChI=1S/C20H17N5/c1-14-17(10-18(11-21)20-22-7-8-25(14)20)9-15-3-5-16(6-4-15)19-12-23-24(2)13-19/h3-8,10,12-13H,9H2,1-2H3. The second kappa shape index (κ2) is 5.91. The molecule has 4 aromatic rings. The van der Waals surface area contributed by atoms with E-state index in [9.17, 15) is 5.26 Å². The lowest BCUT2D eigenvalue weighted by Crippen LogP contribution is -2.01. The highest BCUT2D eigenvalue weighted by molar-refractivity contribution is 5.62. The van der Waals surface area contributed by atoms with Crippen LogP contribution in [0, 0.1) is 18.3 Å². The normalized spacial score (nSPS) is 10.9. The first-order chi connectivity index (χ1) is 12.2. The van der Waals surface area contributed by atoms with Gasteiger partial charge in [0.2, 0.25) is 0 Å². The molecule has 3 heterocycles. The summed E-state index contributed by atoms with van der Waals surface area (Å²) >= 11 is 0. The molecule has 0 spiro atoms. The molecule has 0 atom stereocenters. The smallest absolute Gasteiger partial charge is 0.154 e. The molecule has 0 aliphatic rings. The van der Waals surface area contributed by atoms with Crippen LogP contribution in [0.4, 0.5) is 0 Å². The number of nitrogens with zero attached hydrogens (tertiary/aromatic N) is 5. The summed E-state index contributed by atoms with van der Waals surface area (Å²) in [6.45, 7) is 2.06. The van der Waals surface area contributed by atoms with Crippen LogP contribution >= 0.6 is 0 Å². The molecule has 0 amide bonds. The molecule has 0 aliphatic carbocycles. The molecule has 4 rings (SSSR count). The molecule has 3 aromatic heterocycles. The van der Waals surface area contributed by atoms with Gasteiger partial charge in [-0.15, -0.1) is 0 Å². The van der Waals surface area contributed by atoms with Crippen LogP contribution in [0.5, 0.6) is 0 Å². The van der Waals surface area contributed by atoms with Crippen LogP contribution in [-0.2, 0) is 13.5 Å². The van der Waals surface area contributed by atoms with E-state index in [1.54, 1.807) is 10.9 Å². The molecule has 5 heteroatoms. The molecule has 1 aromatic carbocycles. The summed E-state index contributed by atoms with van der Waals surface area (Å²) < 4.78 is 3.79. The summed E-state index contributed by atoms with van der Waals surface area (Å²) in [5.74, 6) is 0. The topological polar surface area (TPSA) is 58.9 Å². The van der Waals surface area contributed by atoms with Crippen molar-refractivity contribution in [2.75, 3.05) is 0 Å². The zero-order valence-corrected chi connectivity index (χ0v) is 14.1. The number of nitriles is 1. The van der Waals surface area contributed by atoms with Gasteiger partial charge in [-0.1, -0.05) is 24.3 Å². The third-order valence-corrected chi connectivity index (χ3v) is 4.53. The predicted molar refractivity (Wildman–Crippen MR) is 96.1 cm³/mol. The van der Waals surface area contributed by atoms with Crippen LogP contribution in [-0.4, -0.2) is 19.2 Å². The maximum absolute atomic E-state index is 9.39. The Labute approximate surface area is 145 Å². The van der Waals surface area contributed by atoms with E-state index in [4.69, 9.17) is 0 Å². The molecule has 0 aliphatic heterocycles. The molecule has 5 nitrogen and oxygen atoms in total. The zero-order valence-electron chi connectivity index (χ0n) is 14.1. The first kappa shape index (κ1) is 15.2. The molecular formula is C20H17N5. The Bertz CT molecular complexity index is 1090. The minimum absolute atomic E-state index is 0.609. The fourth-order valence-corrected chi connectivity index (χ4v) is 3.14. The molecule has 0 radical (unpaired) electrons. The number of fused-ring (bicyclic) bond motifs is 1. The van der Waals surface area contributed by atoms with Gasteiger partial charge in [0, 0.05) is 36.9 Å². The molecule has 122 valence electrons. The Hall–Kier alpha value is -3.39. The van der Waals surface area contributed by atoms with E-state index in [0.29, 0.717) is 5.56 Å². The number of hydrogen-bond donors (Lipinski definition) is 0. The Morgan fingerprint density at radius 1 is 1.16 bits per heavy atom. The molecular weight excluding hydrogens is 310 g/mol. The van der Waals surface area contributed by atoms with E-state index in [1.165, 1.54) is 5.56 Å². The Morgan fingerprint density at radius 2 is 1.96 bits per heavy atom. The summed E-state index contributed by atoms with van der Waals surface area (Å²) in [5.41, 5.74) is 7.04. The van der Waals surface area contributed by atoms with Gasteiger partial charge in [-0.25, -0.2) is 4.98 Å². The molecule has 0 fully saturated rings. The maximum atomic E-state index is 9.39. The molecule has 0 unspecified atom stereocenters. The van der Waals surface area contributed by atoms with Crippen LogP contribution in [0.3, 0.4) is 0 Å². The van der Waals surface area contributed by atoms with Crippen molar-refractivity contribution in [3.8, 4) is 17.2 Å². The molecule has 0 saturated carbocycles. The van der Waals surface area contributed by atoms with Gasteiger partial charge in [0.05, 0.1) is 11.8 Å². The van der Waals surface area contributed by atoms with Crippen LogP contribution < -0.4 is 0 Å². The van der Waals surface area contributed by atoms with Gasteiger partial charge in [-0.05, 0) is 36.1 Å². The highest BCUT2D eigenvalue weighted by Gasteiger charge is 2.10. The lowest BCUT2D eigenvalue weighted by molar-refractivity contribution is 0.768. The number of hydrogen-bond acceptors (Lipinski definition) is 3. The minimum Gasteiger partial charge on any atom is -0.303 e. The van der Waals surface area contributed by atoms with Gasteiger partial charge in [0.25, 0.3) is 0 Å². The number of aromatic nitrogens is 4. The zero-order chi connectivity index (χ0) is 17.4. The van der Waals surface area contributed by atoms with Gasteiger partial charge >= 0.3 is 0 Å². The van der Waals surface area contributed by atoms with Crippen molar-refractivity contribution >= 4 is 5.65 Å². The van der Waals surface area contributed by atoms with Crippen LogP contribution in [0.15, 0.2) is 55.1 Å².